The summed E-state index contributed by atoms with van der Waals surface area (Å²) in [6.45, 7) is 3.85. The minimum atomic E-state index is 0.812. The van der Waals surface area contributed by atoms with Crippen molar-refractivity contribution in [3.8, 4) is 11.5 Å². The van der Waals surface area contributed by atoms with E-state index >= 15 is 0 Å². The van der Waals surface area contributed by atoms with E-state index < -0.39 is 0 Å². The van der Waals surface area contributed by atoms with Gasteiger partial charge in [0.05, 0.1) is 14.2 Å². The maximum absolute atomic E-state index is 5.39. The van der Waals surface area contributed by atoms with E-state index in [0.29, 0.717) is 0 Å². The zero-order valence-electron chi connectivity index (χ0n) is 10.7. The van der Waals surface area contributed by atoms with Gasteiger partial charge in [-0.2, -0.15) is 12.6 Å². The average Bonchev–Trinajstić information content (AvgIpc) is 2.35. The Morgan fingerprint density at radius 2 is 2.00 bits per heavy atom. The van der Waals surface area contributed by atoms with Crippen molar-refractivity contribution in [1.82, 2.24) is 5.32 Å². The smallest absolute Gasteiger partial charge is 0.127 e. The number of thiol groups is 1. The molecule has 17 heavy (non-hydrogen) atoms. The number of aryl methyl sites for hydroxylation is 1. The summed E-state index contributed by atoms with van der Waals surface area (Å²) in [5.41, 5.74) is 2.37. The van der Waals surface area contributed by atoms with Crippen LogP contribution < -0.4 is 14.8 Å². The molecular weight excluding hydrogens is 234 g/mol. The van der Waals surface area contributed by atoms with Gasteiger partial charge in [0, 0.05) is 18.2 Å². The minimum absolute atomic E-state index is 0.812. The molecule has 4 heteroatoms. The summed E-state index contributed by atoms with van der Waals surface area (Å²) in [6.07, 6.45) is 1.07. The molecule has 0 aromatic heterocycles. The van der Waals surface area contributed by atoms with Crippen LogP contribution in [0.1, 0.15) is 17.5 Å². The maximum Gasteiger partial charge on any atom is 0.127 e. The summed E-state index contributed by atoms with van der Waals surface area (Å²) < 4.78 is 10.6. The number of ether oxygens (including phenoxy) is 2. The van der Waals surface area contributed by atoms with E-state index in [2.05, 4.69) is 24.9 Å². The fraction of sp³-hybridized carbons (Fsp3) is 0.538. The highest BCUT2D eigenvalue weighted by atomic mass is 32.1. The first-order valence-electron chi connectivity index (χ1n) is 5.76. The number of benzene rings is 1. The Bertz CT molecular complexity index is 356. The maximum atomic E-state index is 5.39. The van der Waals surface area contributed by atoms with Crippen LogP contribution in [0.5, 0.6) is 11.5 Å². The molecule has 1 N–H and O–H groups in total. The summed E-state index contributed by atoms with van der Waals surface area (Å²) >= 11 is 4.18. The molecule has 1 aromatic rings. The Balaban J connectivity index is 2.75. The van der Waals surface area contributed by atoms with Gasteiger partial charge in [-0.05, 0) is 37.3 Å². The first-order valence-corrected chi connectivity index (χ1v) is 6.39. The lowest BCUT2D eigenvalue weighted by Gasteiger charge is -2.14. The van der Waals surface area contributed by atoms with Crippen molar-refractivity contribution in [2.75, 3.05) is 26.5 Å². The molecule has 0 heterocycles. The van der Waals surface area contributed by atoms with Gasteiger partial charge in [-0.25, -0.2) is 0 Å². The van der Waals surface area contributed by atoms with Crippen LogP contribution in [0, 0.1) is 6.92 Å². The van der Waals surface area contributed by atoms with Crippen molar-refractivity contribution in [1.29, 1.82) is 0 Å². The Morgan fingerprint density at radius 1 is 1.24 bits per heavy atom. The van der Waals surface area contributed by atoms with E-state index in [9.17, 15) is 0 Å². The molecule has 0 saturated carbocycles. The van der Waals surface area contributed by atoms with Crippen molar-refractivity contribution < 1.29 is 9.47 Å². The highest BCUT2D eigenvalue weighted by Gasteiger charge is 2.08. The highest BCUT2D eigenvalue weighted by Crippen LogP contribution is 2.28. The molecule has 0 radical (unpaired) electrons. The number of rotatable bonds is 7. The summed E-state index contributed by atoms with van der Waals surface area (Å²) in [7, 11) is 3.35. The van der Waals surface area contributed by atoms with Crippen molar-refractivity contribution in [2.24, 2.45) is 0 Å². The molecule has 0 amide bonds. The first kappa shape index (κ1) is 14.2. The summed E-state index contributed by atoms with van der Waals surface area (Å²) in [4.78, 5) is 0. The van der Waals surface area contributed by atoms with Crippen LogP contribution >= 0.6 is 12.6 Å². The van der Waals surface area contributed by atoms with Gasteiger partial charge in [0.15, 0.2) is 0 Å². The molecule has 0 spiro atoms. The predicted octanol–water partition coefficient (Wildman–Crippen LogP) is 2.42. The highest BCUT2D eigenvalue weighted by molar-refractivity contribution is 7.80. The number of methoxy groups -OCH3 is 2. The third kappa shape index (κ3) is 4.13. The molecule has 0 aliphatic carbocycles. The van der Waals surface area contributed by atoms with Gasteiger partial charge >= 0.3 is 0 Å². The predicted molar refractivity (Wildman–Crippen MR) is 74.5 cm³/mol. The molecule has 3 nitrogen and oxygen atoms in total. The second kappa shape index (κ2) is 7.45. The molecule has 0 fully saturated rings. The van der Waals surface area contributed by atoms with E-state index in [4.69, 9.17) is 9.47 Å². The van der Waals surface area contributed by atoms with Gasteiger partial charge in [0.25, 0.3) is 0 Å². The molecule has 0 saturated heterocycles. The first-order chi connectivity index (χ1) is 8.22. The van der Waals surface area contributed by atoms with Crippen LogP contribution in [0.2, 0.25) is 0 Å². The molecule has 0 aliphatic heterocycles. The van der Waals surface area contributed by atoms with E-state index in [1.54, 1.807) is 14.2 Å². The van der Waals surface area contributed by atoms with Crippen molar-refractivity contribution in [3.05, 3.63) is 23.3 Å². The normalized spacial score (nSPS) is 10.4. The third-order valence-electron chi connectivity index (χ3n) is 2.67. The standard InChI is InChI=1S/C13H21NO2S/c1-10-7-11(15-2)8-13(16-3)12(10)9-14-5-4-6-17/h7-8,14,17H,4-6,9H2,1-3H3. The van der Waals surface area contributed by atoms with Crippen molar-refractivity contribution in [2.45, 2.75) is 19.9 Å². The fourth-order valence-electron chi connectivity index (χ4n) is 1.70. The number of hydrogen-bond acceptors (Lipinski definition) is 4. The second-order valence-electron chi connectivity index (χ2n) is 3.88. The minimum Gasteiger partial charge on any atom is -0.497 e. The summed E-state index contributed by atoms with van der Waals surface area (Å²) in [5.74, 6) is 2.62. The Morgan fingerprint density at radius 3 is 2.59 bits per heavy atom. The topological polar surface area (TPSA) is 30.5 Å². The van der Waals surface area contributed by atoms with Crippen LogP contribution in [-0.2, 0) is 6.54 Å². The van der Waals surface area contributed by atoms with Gasteiger partial charge < -0.3 is 14.8 Å². The van der Waals surface area contributed by atoms with E-state index in [-0.39, 0.29) is 0 Å². The molecular formula is C13H21NO2S. The molecule has 1 aromatic carbocycles. The Kier molecular flexibility index (Phi) is 6.22. The zero-order valence-corrected chi connectivity index (χ0v) is 11.6. The van der Waals surface area contributed by atoms with E-state index in [1.807, 2.05) is 12.1 Å². The van der Waals surface area contributed by atoms with Gasteiger partial charge in [-0.1, -0.05) is 0 Å². The van der Waals surface area contributed by atoms with Gasteiger partial charge in [-0.15, -0.1) is 0 Å². The molecule has 0 aliphatic rings. The molecule has 96 valence electrons. The molecule has 1 rings (SSSR count). The third-order valence-corrected chi connectivity index (χ3v) is 2.99. The van der Waals surface area contributed by atoms with Crippen LogP contribution in [0.25, 0.3) is 0 Å². The van der Waals surface area contributed by atoms with E-state index in [0.717, 1.165) is 36.8 Å². The largest absolute Gasteiger partial charge is 0.497 e. The Hall–Kier alpha value is -0.870. The van der Waals surface area contributed by atoms with Crippen LogP contribution in [0.4, 0.5) is 0 Å². The van der Waals surface area contributed by atoms with Crippen LogP contribution in [-0.4, -0.2) is 26.5 Å². The van der Waals surface area contributed by atoms with Crippen molar-refractivity contribution in [3.63, 3.8) is 0 Å². The summed E-state index contributed by atoms with van der Waals surface area (Å²) in [5, 5.41) is 3.39. The van der Waals surface area contributed by atoms with Crippen molar-refractivity contribution >= 4 is 12.6 Å². The molecule has 0 atom stereocenters. The number of nitrogens with one attached hydrogen (secondary N) is 1. The SMILES string of the molecule is COc1cc(C)c(CNCCCS)c(OC)c1. The van der Waals surface area contributed by atoms with E-state index in [1.165, 1.54) is 11.1 Å². The molecule has 0 bridgehead atoms. The van der Waals surface area contributed by atoms with Crippen LogP contribution in [0.3, 0.4) is 0 Å². The summed E-state index contributed by atoms with van der Waals surface area (Å²) in [6, 6.07) is 3.95. The lowest BCUT2D eigenvalue weighted by Crippen LogP contribution is -2.16. The lowest BCUT2D eigenvalue weighted by molar-refractivity contribution is 0.389. The zero-order chi connectivity index (χ0) is 12.7. The quantitative estimate of drug-likeness (QED) is 0.579. The average molecular weight is 255 g/mol. The van der Waals surface area contributed by atoms with Gasteiger partial charge in [-0.3, -0.25) is 0 Å². The van der Waals surface area contributed by atoms with Gasteiger partial charge in [0.2, 0.25) is 0 Å². The van der Waals surface area contributed by atoms with Crippen LogP contribution in [0.15, 0.2) is 12.1 Å². The molecule has 0 unspecified atom stereocenters. The fourth-order valence-corrected chi connectivity index (χ4v) is 1.85. The number of hydrogen-bond donors (Lipinski definition) is 2. The monoisotopic (exact) mass is 255 g/mol. The lowest BCUT2D eigenvalue weighted by atomic mass is 10.1. The van der Waals surface area contributed by atoms with Gasteiger partial charge in [0.1, 0.15) is 11.5 Å². The second-order valence-corrected chi connectivity index (χ2v) is 4.33. The Labute approximate surface area is 109 Å².